The molecule has 1 N–H and O–H groups in total. The fourth-order valence-corrected chi connectivity index (χ4v) is 3.31. The van der Waals surface area contributed by atoms with Crippen LogP contribution in [0.5, 0.6) is 0 Å². The highest BCUT2D eigenvalue weighted by Gasteiger charge is 2.30. The molecule has 29 heavy (non-hydrogen) atoms. The number of ether oxygens (including phenoxy) is 1. The lowest BCUT2D eigenvalue weighted by atomic mass is 9.98. The van der Waals surface area contributed by atoms with Crippen LogP contribution in [-0.4, -0.2) is 39.6 Å². The SMILES string of the molecule is CC(C)(C)OC(=O)N1CCC(c2ccc(Nc3nc(Cl)ccc3[N+](=O)[O-])cc2)C1. The van der Waals surface area contributed by atoms with Crippen LogP contribution in [0.25, 0.3) is 0 Å². The summed E-state index contributed by atoms with van der Waals surface area (Å²) in [7, 11) is 0. The first-order valence-corrected chi connectivity index (χ1v) is 9.66. The highest BCUT2D eigenvalue weighted by Crippen LogP contribution is 2.31. The van der Waals surface area contributed by atoms with E-state index in [4.69, 9.17) is 16.3 Å². The number of benzene rings is 1. The van der Waals surface area contributed by atoms with E-state index in [1.54, 1.807) is 4.90 Å². The largest absolute Gasteiger partial charge is 0.444 e. The quantitative estimate of drug-likeness (QED) is 0.421. The average molecular weight is 419 g/mol. The van der Waals surface area contributed by atoms with Gasteiger partial charge in [-0.05, 0) is 51.0 Å². The molecule has 0 saturated carbocycles. The van der Waals surface area contributed by atoms with E-state index in [2.05, 4.69) is 10.3 Å². The van der Waals surface area contributed by atoms with E-state index in [-0.39, 0.29) is 28.7 Å². The van der Waals surface area contributed by atoms with Crippen molar-refractivity contribution in [1.29, 1.82) is 0 Å². The topological polar surface area (TPSA) is 97.6 Å². The number of pyridine rings is 1. The molecule has 154 valence electrons. The van der Waals surface area contributed by atoms with E-state index in [1.165, 1.54) is 12.1 Å². The third kappa shape index (κ3) is 5.35. The molecule has 1 saturated heterocycles. The Bertz CT molecular complexity index is 912. The molecule has 0 radical (unpaired) electrons. The highest BCUT2D eigenvalue weighted by atomic mass is 35.5. The van der Waals surface area contributed by atoms with Crippen LogP contribution in [0.15, 0.2) is 36.4 Å². The molecule has 3 rings (SSSR count). The van der Waals surface area contributed by atoms with Gasteiger partial charge in [-0.15, -0.1) is 0 Å². The number of rotatable bonds is 4. The number of halogens is 1. The van der Waals surface area contributed by atoms with Crippen molar-refractivity contribution in [3.63, 3.8) is 0 Å². The second-order valence-electron chi connectivity index (χ2n) is 7.92. The maximum absolute atomic E-state index is 12.2. The Morgan fingerprint density at radius 3 is 2.59 bits per heavy atom. The monoisotopic (exact) mass is 418 g/mol. The summed E-state index contributed by atoms with van der Waals surface area (Å²) in [5, 5.41) is 14.3. The van der Waals surface area contributed by atoms with Crippen LogP contribution in [0.1, 0.15) is 38.7 Å². The minimum absolute atomic E-state index is 0.0900. The fourth-order valence-electron chi connectivity index (χ4n) is 3.17. The van der Waals surface area contributed by atoms with E-state index in [9.17, 15) is 14.9 Å². The maximum Gasteiger partial charge on any atom is 0.410 e. The van der Waals surface area contributed by atoms with Gasteiger partial charge in [0.15, 0.2) is 0 Å². The zero-order chi connectivity index (χ0) is 21.2. The highest BCUT2D eigenvalue weighted by molar-refractivity contribution is 6.29. The molecule has 2 aromatic rings. The van der Waals surface area contributed by atoms with Gasteiger partial charge in [-0.2, -0.15) is 0 Å². The molecule has 1 aliphatic rings. The standard InChI is InChI=1S/C20H23ClN4O4/c1-20(2,3)29-19(26)24-11-10-14(12-24)13-4-6-15(7-5-13)22-18-16(25(27)28)8-9-17(21)23-18/h4-9,14H,10-12H2,1-3H3,(H,22,23). The van der Waals surface area contributed by atoms with Crippen LogP contribution >= 0.6 is 11.6 Å². The summed E-state index contributed by atoms with van der Waals surface area (Å²) in [6.07, 6.45) is 0.561. The molecular weight excluding hydrogens is 396 g/mol. The first-order chi connectivity index (χ1) is 13.6. The van der Waals surface area contributed by atoms with Crippen LogP contribution < -0.4 is 5.32 Å². The van der Waals surface area contributed by atoms with E-state index in [0.29, 0.717) is 18.8 Å². The molecule has 1 amide bonds. The molecule has 2 heterocycles. The van der Waals surface area contributed by atoms with Crippen LogP contribution in [0.2, 0.25) is 5.15 Å². The van der Waals surface area contributed by atoms with Gasteiger partial charge in [0.2, 0.25) is 5.82 Å². The van der Waals surface area contributed by atoms with Crippen molar-refractivity contribution >= 4 is 34.9 Å². The van der Waals surface area contributed by atoms with Crippen LogP contribution in [0.4, 0.5) is 22.0 Å². The van der Waals surface area contributed by atoms with Gasteiger partial charge in [-0.25, -0.2) is 9.78 Å². The van der Waals surface area contributed by atoms with Crippen LogP contribution in [0.3, 0.4) is 0 Å². The first kappa shape index (κ1) is 20.9. The van der Waals surface area contributed by atoms with Gasteiger partial charge in [-0.3, -0.25) is 10.1 Å². The minimum atomic E-state index is -0.514. The zero-order valence-corrected chi connectivity index (χ0v) is 17.3. The molecule has 8 nitrogen and oxygen atoms in total. The lowest BCUT2D eigenvalue weighted by molar-refractivity contribution is -0.384. The maximum atomic E-state index is 12.2. The van der Waals surface area contributed by atoms with Crippen LogP contribution in [-0.2, 0) is 4.74 Å². The lowest BCUT2D eigenvalue weighted by Crippen LogP contribution is -2.35. The summed E-state index contributed by atoms with van der Waals surface area (Å²) < 4.78 is 5.44. The predicted octanol–water partition coefficient (Wildman–Crippen LogP) is 5.11. The van der Waals surface area contributed by atoms with E-state index >= 15 is 0 Å². The average Bonchev–Trinajstić information content (AvgIpc) is 3.11. The van der Waals surface area contributed by atoms with Gasteiger partial charge in [-0.1, -0.05) is 23.7 Å². The second kappa shape index (κ2) is 8.24. The normalized spacial score (nSPS) is 16.6. The number of carbonyl (C=O) groups excluding carboxylic acids is 1. The Kier molecular flexibility index (Phi) is 5.93. The fraction of sp³-hybridized carbons (Fsp3) is 0.400. The Morgan fingerprint density at radius 2 is 1.97 bits per heavy atom. The van der Waals surface area contributed by atoms with Gasteiger partial charge in [0, 0.05) is 30.8 Å². The number of nitro groups is 1. The van der Waals surface area contributed by atoms with Gasteiger partial charge >= 0.3 is 11.8 Å². The number of hydrogen-bond donors (Lipinski definition) is 1. The Morgan fingerprint density at radius 1 is 1.28 bits per heavy atom. The number of aromatic nitrogens is 1. The smallest absolute Gasteiger partial charge is 0.410 e. The number of carbonyl (C=O) groups is 1. The summed E-state index contributed by atoms with van der Waals surface area (Å²) in [6, 6.07) is 10.2. The molecule has 1 atom stereocenters. The molecule has 1 aliphatic heterocycles. The van der Waals surface area contributed by atoms with E-state index in [1.807, 2.05) is 45.0 Å². The third-order valence-corrected chi connectivity index (χ3v) is 4.73. The number of nitrogens with zero attached hydrogens (tertiary/aromatic N) is 3. The molecule has 9 heteroatoms. The van der Waals surface area contributed by atoms with Crippen molar-refractivity contribution in [2.75, 3.05) is 18.4 Å². The zero-order valence-electron chi connectivity index (χ0n) is 16.5. The lowest BCUT2D eigenvalue weighted by Gasteiger charge is -2.24. The van der Waals surface area contributed by atoms with E-state index in [0.717, 1.165) is 12.0 Å². The third-order valence-electron chi connectivity index (χ3n) is 4.52. The summed E-state index contributed by atoms with van der Waals surface area (Å²) in [4.78, 5) is 28.6. The number of anilines is 2. The Hall–Kier alpha value is -2.87. The molecule has 1 unspecified atom stereocenters. The second-order valence-corrected chi connectivity index (χ2v) is 8.31. The molecule has 1 aromatic heterocycles. The molecular formula is C20H23ClN4O4. The predicted molar refractivity (Wildman–Crippen MR) is 111 cm³/mol. The summed E-state index contributed by atoms with van der Waals surface area (Å²) in [5.74, 6) is 0.308. The summed E-state index contributed by atoms with van der Waals surface area (Å²) >= 11 is 5.86. The van der Waals surface area contributed by atoms with Crippen LogP contribution in [0, 0.1) is 10.1 Å². The molecule has 0 spiro atoms. The van der Waals surface area contributed by atoms with E-state index < -0.39 is 10.5 Å². The Balaban J connectivity index is 1.67. The molecule has 0 bridgehead atoms. The summed E-state index contributed by atoms with van der Waals surface area (Å²) in [5.41, 5.74) is 1.09. The van der Waals surface area contributed by atoms with Crippen molar-refractivity contribution in [3.05, 3.63) is 57.2 Å². The van der Waals surface area contributed by atoms with Gasteiger partial charge in [0.05, 0.1) is 4.92 Å². The van der Waals surface area contributed by atoms with Crippen molar-refractivity contribution in [3.8, 4) is 0 Å². The first-order valence-electron chi connectivity index (χ1n) is 9.28. The van der Waals surface area contributed by atoms with Crippen molar-refractivity contribution in [1.82, 2.24) is 9.88 Å². The van der Waals surface area contributed by atoms with Crippen molar-refractivity contribution < 1.29 is 14.5 Å². The number of nitrogens with one attached hydrogen (secondary N) is 1. The number of hydrogen-bond acceptors (Lipinski definition) is 6. The van der Waals surface area contributed by atoms with Crippen molar-refractivity contribution in [2.24, 2.45) is 0 Å². The minimum Gasteiger partial charge on any atom is -0.444 e. The molecule has 1 aromatic carbocycles. The van der Waals surface area contributed by atoms with Gasteiger partial charge < -0.3 is 15.0 Å². The van der Waals surface area contributed by atoms with Crippen molar-refractivity contribution in [2.45, 2.75) is 38.7 Å². The summed E-state index contributed by atoms with van der Waals surface area (Å²) in [6.45, 7) is 6.80. The Labute approximate surface area is 174 Å². The van der Waals surface area contributed by atoms with Gasteiger partial charge in [0.1, 0.15) is 10.8 Å². The molecule has 0 aliphatic carbocycles. The number of amides is 1. The number of likely N-dealkylation sites (tertiary alicyclic amines) is 1. The van der Waals surface area contributed by atoms with Gasteiger partial charge in [0.25, 0.3) is 0 Å². The molecule has 1 fully saturated rings.